The van der Waals surface area contributed by atoms with E-state index in [1.807, 2.05) is 38.1 Å². The van der Waals surface area contributed by atoms with Crippen molar-refractivity contribution in [2.45, 2.75) is 97.4 Å². The predicted octanol–water partition coefficient (Wildman–Crippen LogP) is 5.05. The van der Waals surface area contributed by atoms with Gasteiger partial charge in [-0.05, 0) is 55.7 Å². The number of fused-ring (bicyclic) bond motifs is 11. The van der Waals surface area contributed by atoms with E-state index < -0.39 is 24.5 Å². The molecule has 2 bridgehead atoms. The fourth-order valence-electron chi connectivity index (χ4n) is 4.89. The Bertz CT molecular complexity index is 789. The van der Waals surface area contributed by atoms with Crippen LogP contribution in [0, 0.1) is 17.8 Å². The minimum Gasteiger partial charge on any atom is -0.494 e. The lowest BCUT2D eigenvalue weighted by Gasteiger charge is -2.29. The van der Waals surface area contributed by atoms with Crippen LogP contribution in [0.1, 0.15) is 90.5 Å². The Labute approximate surface area is 211 Å². The number of benzene rings is 1. The van der Waals surface area contributed by atoms with Crippen LogP contribution in [0.2, 0.25) is 0 Å². The Morgan fingerprint density at radius 1 is 1.06 bits per heavy atom. The zero-order chi connectivity index (χ0) is 25.6. The quantitative estimate of drug-likeness (QED) is 0.403. The van der Waals surface area contributed by atoms with Crippen LogP contribution in [-0.2, 0) is 20.8 Å². The van der Waals surface area contributed by atoms with Gasteiger partial charge in [0.05, 0.1) is 12.6 Å². The highest BCUT2D eigenvalue weighted by molar-refractivity contribution is 5.93. The van der Waals surface area contributed by atoms with Gasteiger partial charge in [0.25, 0.3) is 0 Å². The molecule has 6 nitrogen and oxygen atoms in total. The van der Waals surface area contributed by atoms with Gasteiger partial charge in [0.15, 0.2) is 11.6 Å². The van der Waals surface area contributed by atoms with Crippen LogP contribution in [-0.4, -0.2) is 41.8 Å². The molecule has 0 saturated heterocycles. The monoisotopic (exact) mass is 487 g/mol. The topological polar surface area (TPSA) is 92.7 Å². The van der Waals surface area contributed by atoms with Crippen molar-refractivity contribution in [3.8, 4) is 5.75 Å². The molecule has 0 spiro atoms. The van der Waals surface area contributed by atoms with Gasteiger partial charge in [-0.25, -0.2) is 0 Å². The molecule has 6 heteroatoms. The molecule has 0 aromatic heterocycles. The molecule has 196 valence electrons. The van der Waals surface area contributed by atoms with Crippen molar-refractivity contribution < 1.29 is 24.2 Å². The first kappa shape index (κ1) is 29.0. The lowest BCUT2D eigenvalue weighted by molar-refractivity contribution is -0.137. The lowest BCUT2D eigenvalue weighted by atomic mass is 9.79. The van der Waals surface area contributed by atoms with Gasteiger partial charge in [0, 0.05) is 18.3 Å². The maximum absolute atomic E-state index is 13.5. The summed E-state index contributed by atoms with van der Waals surface area (Å²) < 4.78 is 5.83. The molecular weight excluding hydrogens is 442 g/mol. The molecular formula is C29H45NO5. The highest BCUT2D eigenvalue weighted by atomic mass is 16.5. The van der Waals surface area contributed by atoms with Gasteiger partial charge in [-0.1, -0.05) is 65.0 Å². The van der Waals surface area contributed by atoms with Gasteiger partial charge in [-0.15, -0.1) is 0 Å². The Balaban J connectivity index is 2.24. The number of ketones is 2. The molecule has 2 heterocycles. The van der Waals surface area contributed by atoms with Gasteiger partial charge in [0.2, 0.25) is 5.91 Å². The van der Waals surface area contributed by atoms with Crippen LogP contribution in [0.3, 0.4) is 0 Å². The van der Waals surface area contributed by atoms with Gasteiger partial charge >= 0.3 is 0 Å². The molecule has 0 saturated carbocycles. The summed E-state index contributed by atoms with van der Waals surface area (Å²) >= 11 is 0. The van der Waals surface area contributed by atoms with Crippen molar-refractivity contribution in [2.24, 2.45) is 17.8 Å². The van der Waals surface area contributed by atoms with E-state index in [2.05, 4.69) is 12.2 Å². The van der Waals surface area contributed by atoms with Crippen LogP contribution in [0.4, 0.5) is 0 Å². The fourth-order valence-corrected chi connectivity index (χ4v) is 4.89. The van der Waals surface area contributed by atoms with E-state index in [0.29, 0.717) is 38.7 Å². The number of carbonyl (C=O) groups excluding carboxylic acids is 3. The third-order valence-corrected chi connectivity index (χ3v) is 6.89. The van der Waals surface area contributed by atoms with Crippen molar-refractivity contribution in [2.75, 3.05) is 13.2 Å². The third kappa shape index (κ3) is 10.1. The van der Waals surface area contributed by atoms with Crippen molar-refractivity contribution >= 4 is 17.5 Å². The number of amides is 1. The van der Waals surface area contributed by atoms with Crippen LogP contribution in [0.15, 0.2) is 24.3 Å². The predicted molar refractivity (Wildman–Crippen MR) is 138 cm³/mol. The highest BCUT2D eigenvalue weighted by Gasteiger charge is 2.35. The smallest absolute Gasteiger partial charge is 0.224 e. The maximum atomic E-state index is 13.5. The Hall–Kier alpha value is -2.21. The van der Waals surface area contributed by atoms with E-state index in [-0.39, 0.29) is 23.4 Å². The molecule has 0 unspecified atom stereocenters. The Morgan fingerprint density at radius 3 is 2.40 bits per heavy atom. The summed E-state index contributed by atoms with van der Waals surface area (Å²) in [6, 6.07) is 7.03. The summed E-state index contributed by atoms with van der Waals surface area (Å²) in [6.45, 7) is 6.07. The van der Waals surface area contributed by atoms with E-state index >= 15 is 0 Å². The zero-order valence-electron chi connectivity index (χ0n) is 21.9. The maximum Gasteiger partial charge on any atom is 0.224 e. The van der Waals surface area contributed by atoms with Crippen LogP contribution < -0.4 is 10.1 Å². The number of ether oxygens (including phenoxy) is 1. The van der Waals surface area contributed by atoms with Gasteiger partial charge in [-0.2, -0.15) is 0 Å². The second kappa shape index (κ2) is 15.7. The number of aliphatic hydroxyl groups excluding tert-OH is 1. The normalized spacial score (nSPS) is 21.3. The molecule has 0 radical (unpaired) electrons. The fraction of sp³-hybridized carbons (Fsp3) is 0.690. The molecule has 0 fully saturated rings. The third-order valence-electron chi connectivity index (χ3n) is 6.89. The number of unbranched alkanes of at least 4 members (excludes halogenated alkanes) is 5. The number of hydrogen-bond acceptors (Lipinski definition) is 5. The van der Waals surface area contributed by atoms with Crippen molar-refractivity contribution in [1.29, 1.82) is 0 Å². The Morgan fingerprint density at radius 2 is 1.74 bits per heavy atom. The first-order chi connectivity index (χ1) is 16.8. The number of aliphatic hydroxyl groups is 1. The van der Waals surface area contributed by atoms with E-state index in [1.54, 1.807) is 0 Å². The number of hydrogen-bond donors (Lipinski definition) is 2. The average molecular weight is 488 g/mol. The number of Topliss-reactive ketones (excluding diaryl/α,β-unsaturated/α-hetero) is 2. The lowest BCUT2D eigenvalue weighted by Crippen LogP contribution is -2.48. The molecule has 2 aliphatic heterocycles. The first-order valence-electron chi connectivity index (χ1n) is 13.5. The summed E-state index contributed by atoms with van der Waals surface area (Å²) in [6.07, 6.45) is 8.99. The van der Waals surface area contributed by atoms with Gasteiger partial charge < -0.3 is 15.2 Å². The SMILES string of the molecule is CCCCCCCCC(=O)[C@@H]1Cc2ccc(cc2)OCCC[C@H](C(=O)CO)[C@@H](CC(C)C)C(=O)N1. The molecule has 1 aromatic rings. The van der Waals surface area contributed by atoms with Crippen LogP contribution in [0.25, 0.3) is 0 Å². The van der Waals surface area contributed by atoms with Crippen molar-refractivity contribution in [3.63, 3.8) is 0 Å². The molecule has 2 N–H and O–H groups in total. The van der Waals surface area contributed by atoms with Gasteiger partial charge in [-0.3, -0.25) is 14.4 Å². The van der Waals surface area contributed by atoms with E-state index in [1.165, 1.54) is 19.3 Å². The molecule has 3 rings (SSSR count). The van der Waals surface area contributed by atoms with Gasteiger partial charge in [0.1, 0.15) is 12.4 Å². The van der Waals surface area contributed by atoms with Crippen molar-refractivity contribution in [1.82, 2.24) is 5.32 Å². The summed E-state index contributed by atoms with van der Waals surface area (Å²) in [4.78, 5) is 39.4. The molecule has 0 aliphatic carbocycles. The Kier molecular flexibility index (Phi) is 13.0. The number of carbonyl (C=O) groups is 3. The van der Waals surface area contributed by atoms with Crippen LogP contribution in [0.5, 0.6) is 5.75 Å². The minimum absolute atomic E-state index is 0.0367. The van der Waals surface area contributed by atoms with E-state index in [4.69, 9.17) is 4.74 Å². The zero-order valence-corrected chi connectivity index (χ0v) is 21.9. The van der Waals surface area contributed by atoms with Crippen molar-refractivity contribution in [3.05, 3.63) is 29.8 Å². The largest absolute Gasteiger partial charge is 0.494 e. The second-order valence-corrected chi connectivity index (χ2v) is 10.4. The number of rotatable bonds is 12. The molecule has 35 heavy (non-hydrogen) atoms. The highest BCUT2D eigenvalue weighted by Crippen LogP contribution is 2.27. The summed E-state index contributed by atoms with van der Waals surface area (Å²) in [5, 5.41) is 12.6. The summed E-state index contributed by atoms with van der Waals surface area (Å²) in [7, 11) is 0. The van der Waals surface area contributed by atoms with E-state index in [9.17, 15) is 19.5 Å². The average Bonchev–Trinajstić information content (AvgIpc) is 2.84. The molecule has 1 amide bonds. The van der Waals surface area contributed by atoms with E-state index in [0.717, 1.165) is 30.6 Å². The summed E-state index contributed by atoms with van der Waals surface area (Å²) in [5.41, 5.74) is 0.958. The molecule has 1 aromatic carbocycles. The summed E-state index contributed by atoms with van der Waals surface area (Å²) in [5.74, 6) is -0.785. The molecule has 2 aliphatic rings. The first-order valence-corrected chi connectivity index (χ1v) is 13.5. The minimum atomic E-state index is -0.632. The molecule has 3 atom stereocenters. The van der Waals surface area contributed by atoms with Crippen LogP contribution >= 0.6 is 0 Å². The second-order valence-electron chi connectivity index (χ2n) is 10.4. The number of nitrogens with one attached hydrogen (secondary N) is 1. The standard InChI is InChI=1S/C29H45NO5/c1-4-5-6-7-8-9-12-27(32)26-19-22-13-15-23(16-14-22)35-17-10-11-24(28(33)20-31)25(18-21(2)3)29(34)30-26/h13-16,21,24-26,31H,4-12,17-20H2,1-3H3,(H,30,34)/t24-,25+,26-/m0/s1.